The number of anilines is 1. The van der Waals surface area contributed by atoms with E-state index in [2.05, 4.69) is 16.6 Å². The van der Waals surface area contributed by atoms with E-state index in [9.17, 15) is 4.79 Å². The molecule has 1 saturated heterocycles. The zero-order valence-electron chi connectivity index (χ0n) is 12.2. The molecule has 2 N–H and O–H groups in total. The van der Waals surface area contributed by atoms with Gasteiger partial charge in [-0.3, -0.25) is 4.79 Å². The maximum atomic E-state index is 12.5. The van der Waals surface area contributed by atoms with Crippen molar-refractivity contribution in [3.8, 4) is 12.3 Å². The summed E-state index contributed by atoms with van der Waals surface area (Å²) in [6.45, 7) is 6.00. The number of carbonyl (C=O) groups excluding carboxylic acids is 1. The molecule has 1 unspecified atom stereocenters. The van der Waals surface area contributed by atoms with Gasteiger partial charge in [-0.05, 0) is 50.0 Å². The first-order valence-electron chi connectivity index (χ1n) is 7.13. The average Bonchev–Trinajstić information content (AvgIpc) is 2.48. The largest absolute Gasteiger partial charge is 0.326 e. The molecule has 1 heterocycles. The Morgan fingerprint density at radius 2 is 2.30 bits per heavy atom. The molecule has 1 fully saturated rings. The van der Waals surface area contributed by atoms with Gasteiger partial charge in [-0.2, -0.15) is 0 Å². The highest BCUT2D eigenvalue weighted by Gasteiger charge is 2.37. The maximum Gasteiger partial charge on any atom is 0.230 e. The minimum absolute atomic E-state index is 0.0559. The van der Waals surface area contributed by atoms with Crippen LogP contribution in [0.15, 0.2) is 24.3 Å². The monoisotopic (exact) mass is 270 g/mol. The predicted molar refractivity (Wildman–Crippen MR) is 82.4 cm³/mol. The minimum Gasteiger partial charge on any atom is -0.326 e. The molecule has 1 amide bonds. The molecule has 20 heavy (non-hydrogen) atoms. The summed E-state index contributed by atoms with van der Waals surface area (Å²) >= 11 is 0. The second-order valence-corrected chi connectivity index (χ2v) is 5.94. The van der Waals surface area contributed by atoms with E-state index in [1.54, 1.807) is 0 Å². The van der Waals surface area contributed by atoms with Crippen LogP contribution in [0.1, 0.15) is 32.3 Å². The first-order chi connectivity index (χ1) is 9.54. The van der Waals surface area contributed by atoms with Gasteiger partial charge in [-0.25, -0.2) is 0 Å². The van der Waals surface area contributed by atoms with Crippen molar-refractivity contribution < 1.29 is 4.79 Å². The number of benzene rings is 1. The first-order valence-corrected chi connectivity index (χ1v) is 7.13. The van der Waals surface area contributed by atoms with Gasteiger partial charge in [0.2, 0.25) is 5.91 Å². The molecular weight excluding hydrogens is 248 g/mol. The van der Waals surface area contributed by atoms with Gasteiger partial charge in [0, 0.05) is 16.7 Å². The molecule has 0 bridgehead atoms. The highest BCUT2D eigenvalue weighted by molar-refractivity contribution is 5.95. The molecular formula is C17H22N2O. The van der Waals surface area contributed by atoms with Gasteiger partial charge in [-0.15, -0.1) is 6.42 Å². The van der Waals surface area contributed by atoms with Crippen LogP contribution >= 0.6 is 0 Å². The van der Waals surface area contributed by atoms with Crippen LogP contribution < -0.4 is 10.6 Å². The van der Waals surface area contributed by atoms with E-state index in [4.69, 9.17) is 6.42 Å². The number of amides is 1. The van der Waals surface area contributed by atoms with Gasteiger partial charge in [0.1, 0.15) is 0 Å². The zero-order valence-corrected chi connectivity index (χ0v) is 12.2. The van der Waals surface area contributed by atoms with Gasteiger partial charge in [-0.1, -0.05) is 25.8 Å². The van der Waals surface area contributed by atoms with Crippen molar-refractivity contribution in [1.82, 2.24) is 5.32 Å². The van der Waals surface area contributed by atoms with Gasteiger partial charge >= 0.3 is 0 Å². The topological polar surface area (TPSA) is 41.1 Å². The Balaban J connectivity index is 2.08. The minimum atomic E-state index is -0.389. The van der Waals surface area contributed by atoms with Crippen LogP contribution in [0.2, 0.25) is 0 Å². The van der Waals surface area contributed by atoms with E-state index in [0.29, 0.717) is 5.92 Å². The van der Waals surface area contributed by atoms with E-state index in [-0.39, 0.29) is 11.3 Å². The second kappa shape index (κ2) is 6.11. The highest BCUT2D eigenvalue weighted by atomic mass is 16.2. The highest BCUT2D eigenvalue weighted by Crippen LogP contribution is 2.33. The van der Waals surface area contributed by atoms with E-state index in [1.807, 2.05) is 38.1 Å². The van der Waals surface area contributed by atoms with Crippen LogP contribution in [-0.4, -0.2) is 19.0 Å². The molecule has 0 aromatic heterocycles. The second-order valence-electron chi connectivity index (χ2n) is 5.94. The van der Waals surface area contributed by atoms with Crippen LogP contribution in [0.3, 0.4) is 0 Å². The third kappa shape index (κ3) is 3.20. The van der Waals surface area contributed by atoms with Gasteiger partial charge in [0.25, 0.3) is 0 Å². The summed E-state index contributed by atoms with van der Waals surface area (Å²) in [6.07, 6.45) is 7.61. The summed E-state index contributed by atoms with van der Waals surface area (Å²) in [4.78, 5) is 12.5. The third-order valence-electron chi connectivity index (χ3n) is 4.19. The number of carbonyl (C=O) groups is 1. The lowest BCUT2D eigenvalue weighted by atomic mass is 9.74. The smallest absolute Gasteiger partial charge is 0.230 e. The number of hydrogen-bond acceptors (Lipinski definition) is 2. The van der Waals surface area contributed by atoms with E-state index >= 15 is 0 Å². The van der Waals surface area contributed by atoms with Gasteiger partial charge in [0.15, 0.2) is 0 Å². The Bertz CT molecular complexity index is 522. The molecule has 0 saturated carbocycles. The summed E-state index contributed by atoms with van der Waals surface area (Å²) in [5.41, 5.74) is 1.15. The van der Waals surface area contributed by atoms with Crippen LogP contribution in [0.25, 0.3) is 0 Å². The first kappa shape index (κ1) is 14.6. The number of terminal acetylenes is 1. The quantitative estimate of drug-likeness (QED) is 0.829. The standard InChI is InChI=1S/C17H22N2O/c1-4-13-7-5-9-15(11-13)19-16(20)17(2,3)14-8-6-10-18-12-14/h1,5,7,9,11,14,18H,6,8,10,12H2,2-3H3,(H,19,20). The normalized spacial score (nSPS) is 19.1. The fourth-order valence-electron chi connectivity index (χ4n) is 2.63. The fraction of sp³-hybridized carbons (Fsp3) is 0.471. The molecule has 0 radical (unpaired) electrons. The lowest BCUT2D eigenvalue weighted by Crippen LogP contribution is -2.44. The summed E-state index contributed by atoms with van der Waals surface area (Å²) in [5, 5.41) is 6.36. The van der Waals surface area contributed by atoms with Crippen LogP contribution in [0.4, 0.5) is 5.69 Å². The predicted octanol–water partition coefficient (Wildman–Crippen LogP) is 2.63. The third-order valence-corrected chi connectivity index (χ3v) is 4.19. The van der Waals surface area contributed by atoms with Crippen molar-refractivity contribution >= 4 is 11.6 Å². The summed E-state index contributed by atoms with van der Waals surface area (Å²) in [7, 11) is 0. The molecule has 0 aliphatic carbocycles. The average molecular weight is 270 g/mol. The SMILES string of the molecule is C#Cc1cccc(NC(=O)C(C)(C)C2CCCNC2)c1. The molecule has 106 valence electrons. The fourth-order valence-corrected chi connectivity index (χ4v) is 2.63. The lowest BCUT2D eigenvalue weighted by molar-refractivity contribution is -0.127. The van der Waals surface area contributed by atoms with Crippen molar-refractivity contribution in [2.75, 3.05) is 18.4 Å². The summed E-state index contributed by atoms with van der Waals surface area (Å²) in [6, 6.07) is 7.41. The Hall–Kier alpha value is -1.79. The maximum absolute atomic E-state index is 12.5. The molecule has 2 rings (SSSR count). The van der Waals surface area contributed by atoms with Crippen LogP contribution in [-0.2, 0) is 4.79 Å². The molecule has 3 heteroatoms. The molecule has 1 aliphatic heterocycles. The molecule has 1 aromatic carbocycles. The van der Waals surface area contributed by atoms with Crippen molar-refractivity contribution in [2.24, 2.45) is 11.3 Å². The number of nitrogens with one attached hydrogen (secondary N) is 2. The van der Waals surface area contributed by atoms with Crippen LogP contribution in [0, 0.1) is 23.7 Å². The Kier molecular flexibility index (Phi) is 4.46. The van der Waals surface area contributed by atoms with Crippen molar-refractivity contribution in [3.63, 3.8) is 0 Å². The van der Waals surface area contributed by atoms with Crippen molar-refractivity contribution in [3.05, 3.63) is 29.8 Å². The molecule has 1 atom stereocenters. The number of piperidine rings is 1. The number of rotatable bonds is 3. The van der Waals surface area contributed by atoms with Gasteiger partial charge in [0.05, 0.1) is 0 Å². The van der Waals surface area contributed by atoms with Crippen molar-refractivity contribution in [2.45, 2.75) is 26.7 Å². The molecule has 1 aliphatic rings. The van der Waals surface area contributed by atoms with Crippen LogP contribution in [0.5, 0.6) is 0 Å². The molecule has 3 nitrogen and oxygen atoms in total. The zero-order chi connectivity index (χ0) is 14.6. The Morgan fingerprint density at radius 3 is 2.95 bits per heavy atom. The van der Waals surface area contributed by atoms with E-state index in [1.165, 1.54) is 0 Å². The van der Waals surface area contributed by atoms with E-state index < -0.39 is 0 Å². The lowest BCUT2D eigenvalue weighted by Gasteiger charge is -2.36. The number of hydrogen-bond donors (Lipinski definition) is 2. The summed E-state index contributed by atoms with van der Waals surface area (Å²) < 4.78 is 0. The Labute approximate surface area is 121 Å². The van der Waals surface area contributed by atoms with Gasteiger partial charge < -0.3 is 10.6 Å². The summed E-state index contributed by atoms with van der Waals surface area (Å²) in [5.74, 6) is 3.00. The van der Waals surface area contributed by atoms with Crippen molar-refractivity contribution in [1.29, 1.82) is 0 Å². The molecule has 1 aromatic rings. The molecule has 0 spiro atoms. The van der Waals surface area contributed by atoms with E-state index in [0.717, 1.165) is 37.2 Å². The Morgan fingerprint density at radius 1 is 1.50 bits per heavy atom.